The summed E-state index contributed by atoms with van der Waals surface area (Å²) in [5.41, 5.74) is 2.56. The van der Waals surface area contributed by atoms with Crippen LogP contribution < -0.4 is 10.0 Å². The van der Waals surface area contributed by atoms with Gasteiger partial charge in [0.05, 0.1) is 10.6 Å². The molecular formula is C24H23N5O3S. The maximum Gasteiger partial charge on any atom is 0.291 e. The fourth-order valence-corrected chi connectivity index (χ4v) is 4.20. The number of hydrogen-bond acceptors (Lipinski definition) is 5. The average molecular weight is 462 g/mol. The van der Waals surface area contributed by atoms with Gasteiger partial charge in [-0.3, -0.25) is 4.79 Å². The number of carbonyl (C=O) groups is 1. The fourth-order valence-electron chi connectivity index (χ4n) is 3.17. The first-order valence-corrected chi connectivity index (χ1v) is 11.8. The summed E-state index contributed by atoms with van der Waals surface area (Å²) in [6.07, 6.45) is 0. The molecule has 0 radical (unpaired) electrons. The van der Waals surface area contributed by atoms with Crippen molar-refractivity contribution in [2.75, 3.05) is 13.1 Å². The molecule has 0 spiro atoms. The Balaban J connectivity index is 1.45. The smallest absolute Gasteiger partial charge is 0.291 e. The van der Waals surface area contributed by atoms with Crippen molar-refractivity contribution in [3.8, 4) is 17.1 Å². The number of benzene rings is 3. The van der Waals surface area contributed by atoms with Gasteiger partial charge in [-0.1, -0.05) is 66.2 Å². The Kier molecular flexibility index (Phi) is 6.62. The molecule has 0 atom stereocenters. The molecule has 0 aliphatic rings. The van der Waals surface area contributed by atoms with E-state index in [0.717, 1.165) is 16.8 Å². The Hall–Kier alpha value is -3.82. The van der Waals surface area contributed by atoms with Crippen LogP contribution in [0.4, 0.5) is 0 Å². The summed E-state index contributed by atoms with van der Waals surface area (Å²) in [4.78, 5) is 17.3. The second kappa shape index (κ2) is 9.76. The number of aryl methyl sites for hydroxylation is 1. The van der Waals surface area contributed by atoms with Gasteiger partial charge in [-0.25, -0.2) is 22.8 Å². The summed E-state index contributed by atoms with van der Waals surface area (Å²) in [5.74, 6) is 0.0440. The molecule has 0 saturated heterocycles. The minimum Gasteiger partial charge on any atom is -0.348 e. The van der Waals surface area contributed by atoms with Crippen LogP contribution in [0.5, 0.6) is 0 Å². The molecule has 8 nitrogen and oxygen atoms in total. The normalized spacial score (nSPS) is 11.3. The third kappa shape index (κ3) is 5.33. The summed E-state index contributed by atoms with van der Waals surface area (Å²) in [7, 11) is -3.65. The Morgan fingerprint density at radius 3 is 2.18 bits per heavy atom. The molecule has 9 heteroatoms. The highest BCUT2D eigenvalue weighted by Gasteiger charge is 2.19. The van der Waals surface area contributed by atoms with Crippen LogP contribution in [0.25, 0.3) is 17.1 Å². The lowest BCUT2D eigenvalue weighted by atomic mass is 10.2. The van der Waals surface area contributed by atoms with E-state index in [1.165, 1.54) is 0 Å². The van der Waals surface area contributed by atoms with E-state index in [-0.39, 0.29) is 23.8 Å². The van der Waals surface area contributed by atoms with Gasteiger partial charge in [0.15, 0.2) is 5.82 Å². The van der Waals surface area contributed by atoms with E-state index in [9.17, 15) is 13.2 Å². The van der Waals surface area contributed by atoms with Gasteiger partial charge >= 0.3 is 0 Å². The van der Waals surface area contributed by atoms with Crippen LogP contribution in [0.1, 0.15) is 16.2 Å². The number of hydrogen-bond donors (Lipinski definition) is 2. The quantitative estimate of drug-likeness (QED) is 0.393. The van der Waals surface area contributed by atoms with Crippen LogP contribution in [0.15, 0.2) is 89.8 Å². The monoisotopic (exact) mass is 461 g/mol. The molecule has 0 fully saturated rings. The van der Waals surface area contributed by atoms with Crippen molar-refractivity contribution in [3.63, 3.8) is 0 Å². The first kappa shape index (κ1) is 22.4. The first-order valence-electron chi connectivity index (χ1n) is 10.4. The Morgan fingerprint density at radius 1 is 0.879 bits per heavy atom. The number of amides is 1. The summed E-state index contributed by atoms with van der Waals surface area (Å²) >= 11 is 0. The molecule has 3 aromatic carbocycles. The number of carbonyl (C=O) groups excluding carboxylic acids is 1. The SMILES string of the molecule is Cc1ccc(S(=O)(=O)NCCNC(=O)c2nc(-c3ccccc3)n(-c3ccccc3)n2)cc1. The molecule has 168 valence electrons. The number of rotatable bonds is 8. The largest absolute Gasteiger partial charge is 0.348 e. The molecule has 0 aliphatic heterocycles. The maximum absolute atomic E-state index is 12.7. The molecule has 2 N–H and O–H groups in total. The third-order valence-electron chi connectivity index (χ3n) is 4.88. The van der Waals surface area contributed by atoms with Crippen LogP contribution in [0.2, 0.25) is 0 Å². The van der Waals surface area contributed by atoms with Gasteiger partial charge in [0.2, 0.25) is 15.8 Å². The molecule has 1 amide bonds. The average Bonchev–Trinajstić information content (AvgIpc) is 3.29. The molecule has 4 aromatic rings. The number of nitrogens with zero attached hydrogens (tertiary/aromatic N) is 3. The second-order valence-corrected chi connectivity index (χ2v) is 9.11. The van der Waals surface area contributed by atoms with Crippen molar-refractivity contribution >= 4 is 15.9 Å². The molecule has 0 bridgehead atoms. The van der Waals surface area contributed by atoms with Gasteiger partial charge in [0.1, 0.15) is 0 Å². The van der Waals surface area contributed by atoms with Gasteiger partial charge < -0.3 is 5.32 Å². The molecule has 1 heterocycles. The molecule has 0 aliphatic carbocycles. The van der Waals surface area contributed by atoms with Crippen LogP contribution in [0.3, 0.4) is 0 Å². The van der Waals surface area contributed by atoms with Crippen molar-refractivity contribution in [3.05, 3.63) is 96.3 Å². The highest BCUT2D eigenvalue weighted by Crippen LogP contribution is 2.21. The van der Waals surface area contributed by atoms with Gasteiger partial charge in [-0.15, -0.1) is 5.10 Å². The number of sulfonamides is 1. The van der Waals surface area contributed by atoms with E-state index in [1.54, 1.807) is 28.9 Å². The predicted molar refractivity (Wildman–Crippen MR) is 125 cm³/mol. The van der Waals surface area contributed by atoms with Gasteiger partial charge in [0.25, 0.3) is 5.91 Å². The fraction of sp³-hybridized carbons (Fsp3) is 0.125. The molecule has 33 heavy (non-hydrogen) atoms. The zero-order valence-electron chi connectivity index (χ0n) is 18.0. The zero-order valence-corrected chi connectivity index (χ0v) is 18.8. The number of nitrogens with one attached hydrogen (secondary N) is 2. The van der Waals surface area contributed by atoms with Crippen molar-refractivity contribution in [1.82, 2.24) is 24.8 Å². The Morgan fingerprint density at radius 2 is 1.52 bits per heavy atom. The third-order valence-corrected chi connectivity index (χ3v) is 6.35. The van der Waals surface area contributed by atoms with Gasteiger partial charge in [-0.05, 0) is 31.2 Å². The van der Waals surface area contributed by atoms with Crippen LogP contribution >= 0.6 is 0 Å². The summed E-state index contributed by atoms with van der Waals surface area (Å²) < 4.78 is 28.8. The topological polar surface area (TPSA) is 106 Å². The van der Waals surface area contributed by atoms with E-state index in [4.69, 9.17) is 0 Å². The predicted octanol–water partition coefficient (Wildman–Crippen LogP) is 2.95. The highest BCUT2D eigenvalue weighted by atomic mass is 32.2. The minimum absolute atomic E-state index is 0.000835. The van der Waals surface area contributed by atoms with E-state index in [0.29, 0.717) is 5.82 Å². The van der Waals surface area contributed by atoms with Gasteiger partial charge in [-0.2, -0.15) is 0 Å². The minimum atomic E-state index is -3.65. The summed E-state index contributed by atoms with van der Waals surface area (Å²) in [6, 6.07) is 25.4. The molecular weight excluding hydrogens is 438 g/mol. The van der Waals surface area contributed by atoms with Crippen molar-refractivity contribution in [2.24, 2.45) is 0 Å². The Labute approximate surface area is 192 Å². The van der Waals surface area contributed by atoms with E-state index in [1.807, 2.05) is 67.6 Å². The lowest BCUT2D eigenvalue weighted by Crippen LogP contribution is -2.35. The van der Waals surface area contributed by atoms with Crippen LogP contribution in [-0.2, 0) is 10.0 Å². The lowest BCUT2D eigenvalue weighted by Gasteiger charge is -2.07. The summed E-state index contributed by atoms with van der Waals surface area (Å²) in [6.45, 7) is 2.01. The molecule has 4 rings (SSSR count). The van der Waals surface area contributed by atoms with E-state index < -0.39 is 15.9 Å². The van der Waals surface area contributed by atoms with Crippen molar-refractivity contribution in [1.29, 1.82) is 0 Å². The summed E-state index contributed by atoms with van der Waals surface area (Å²) in [5, 5.41) is 7.07. The zero-order chi connectivity index (χ0) is 23.3. The maximum atomic E-state index is 12.7. The van der Waals surface area contributed by atoms with Crippen molar-refractivity contribution in [2.45, 2.75) is 11.8 Å². The second-order valence-electron chi connectivity index (χ2n) is 7.34. The number of para-hydroxylation sites is 1. The standard InChI is InChI=1S/C24H23N5O3S/c1-18-12-14-21(15-13-18)33(31,32)26-17-16-25-24(30)22-27-23(19-8-4-2-5-9-19)29(28-22)20-10-6-3-7-11-20/h2-15,26H,16-17H2,1H3,(H,25,30). The molecule has 1 aromatic heterocycles. The van der Waals surface area contributed by atoms with Crippen LogP contribution in [0, 0.1) is 6.92 Å². The Bertz CT molecular complexity index is 1280. The first-order chi connectivity index (χ1) is 15.9. The van der Waals surface area contributed by atoms with Crippen LogP contribution in [-0.4, -0.2) is 42.2 Å². The number of aromatic nitrogens is 3. The van der Waals surface area contributed by atoms with E-state index in [2.05, 4.69) is 20.1 Å². The molecule has 0 saturated carbocycles. The van der Waals surface area contributed by atoms with Gasteiger partial charge in [0, 0.05) is 18.7 Å². The molecule has 0 unspecified atom stereocenters. The lowest BCUT2D eigenvalue weighted by molar-refractivity contribution is 0.0944. The highest BCUT2D eigenvalue weighted by molar-refractivity contribution is 7.89. The van der Waals surface area contributed by atoms with Crippen molar-refractivity contribution < 1.29 is 13.2 Å². The van der Waals surface area contributed by atoms with E-state index >= 15 is 0 Å².